The SMILES string of the molecule is CC(OC(=O)CCNS(=O)(=O)c1ccc2c(c1)OCCO2)C(=O)Nc1ccc(F)cc1. The molecule has 0 radical (unpaired) electrons. The Balaban J connectivity index is 1.46. The number of carbonyl (C=O) groups is 2. The molecule has 0 bridgehead atoms. The van der Waals surface area contributed by atoms with Gasteiger partial charge in [-0.3, -0.25) is 9.59 Å². The van der Waals surface area contributed by atoms with Gasteiger partial charge in [-0.15, -0.1) is 0 Å². The van der Waals surface area contributed by atoms with Crippen LogP contribution >= 0.6 is 0 Å². The molecule has 1 heterocycles. The van der Waals surface area contributed by atoms with Gasteiger partial charge in [0, 0.05) is 18.3 Å². The van der Waals surface area contributed by atoms with Gasteiger partial charge in [0.1, 0.15) is 19.0 Å². The maximum atomic E-state index is 12.9. The van der Waals surface area contributed by atoms with Crippen molar-refractivity contribution in [3.8, 4) is 11.5 Å². The fraction of sp³-hybridized carbons (Fsp3) is 0.300. The van der Waals surface area contributed by atoms with Crippen LogP contribution in [0.2, 0.25) is 0 Å². The molecule has 166 valence electrons. The van der Waals surface area contributed by atoms with Gasteiger partial charge in [0.05, 0.1) is 11.3 Å². The number of sulfonamides is 1. The van der Waals surface area contributed by atoms with Crippen LogP contribution in [0.5, 0.6) is 11.5 Å². The number of anilines is 1. The predicted octanol–water partition coefficient (Wildman–Crippen LogP) is 1.84. The minimum Gasteiger partial charge on any atom is -0.486 e. The molecule has 0 fully saturated rings. The van der Waals surface area contributed by atoms with E-state index in [4.69, 9.17) is 14.2 Å². The summed E-state index contributed by atoms with van der Waals surface area (Å²) in [5, 5.41) is 2.48. The minimum absolute atomic E-state index is 0.0304. The molecule has 0 saturated carbocycles. The van der Waals surface area contributed by atoms with E-state index in [2.05, 4.69) is 10.0 Å². The van der Waals surface area contributed by atoms with Gasteiger partial charge in [-0.05, 0) is 43.3 Å². The van der Waals surface area contributed by atoms with E-state index in [1.165, 1.54) is 49.4 Å². The second-order valence-electron chi connectivity index (χ2n) is 6.58. The summed E-state index contributed by atoms with van der Waals surface area (Å²) in [5.41, 5.74) is 0.349. The number of hydrogen-bond acceptors (Lipinski definition) is 7. The van der Waals surface area contributed by atoms with E-state index < -0.39 is 33.8 Å². The van der Waals surface area contributed by atoms with E-state index in [0.717, 1.165) is 0 Å². The maximum Gasteiger partial charge on any atom is 0.307 e. The summed E-state index contributed by atoms with van der Waals surface area (Å²) in [4.78, 5) is 24.0. The van der Waals surface area contributed by atoms with Gasteiger partial charge in [0.25, 0.3) is 5.91 Å². The lowest BCUT2D eigenvalue weighted by Gasteiger charge is -2.19. The van der Waals surface area contributed by atoms with Crippen molar-refractivity contribution in [2.24, 2.45) is 0 Å². The Morgan fingerprint density at radius 1 is 1.10 bits per heavy atom. The molecule has 2 aromatic carbocycles. The number of hydrogen-bond donors (Lipinski definition) is 2. The predicted molar refractivity (Wildman–Crippen MR) is 108 cm³/mol. The van der Waals surface area contributed by atoms with E-state index in [1.54, 1.807) is 0 Å². The fourth-order valence-corrected chi connectivity index (χ4v) is 3.70. The molecule has 1 aliphatic heterocycles. The zero-order valence-electron chi connectivity index (χ0n) is 16.6. The van der Waals surface area contributed by atoms with Crippen molar-refractivity contribution < 1.29 is 36.6 Å². The smallest absolute Gasteiger partial charge is 0.307 e. The Morgan fingerprint density at radius 2 is 1.77 bits per heavy atom. The fourth-order valence-electron chi connectivity index (χ4n) is 2.65. The summed E-state index contributed by atoms with van der Waals surface area (Å²) < 4.78 is 55.7. The number of carbonyl (C=O) groups excluding carboxylic acids is 2. The van der Waals surface area contributed by atoms with Gasteiger partial charge in [-0.1, -0.05) is 0 Å². The third-order valence-corrected chi connectivity index (χ3v) is 5.69. The molecule has 11 heteroatoms. The summed E-state index contributed by atoms with van der Waals surface area (Å²) in [7, 11) is -3.88. The van der Waals surface area contributed by atoms with Gasteiger partial charge in [-0.2, -0.15) is 0 Å². The first-order chi connectivity index (χ1) is 14.7. The van der Waals surface area contributed by atoms with Crippen molar-refractivity contribution in [3.05, 3.63) is 48.3 Å². The first kappa shape index (κ1) is 22.5. The minimum atomic E-state index is -3.88. The molecular formula is C20H21FN2O7S. The molecule has 1 unspecified atom stereocenters. The molecular weight excluding hydrogens is 431 g/mol. The van der Waals surface area contributed by atoms with Gasteiger partial charge >= 0.3 is 5.97 Å². The van der Waals surface area contributed by atoms with Crippen LogP contribution in [0.3, 0.4) is 0 Å². The molecule has 0 aromatic heterocycles. The van der Waals surface area contributed by atoms with E-state index >= 15 is 0 Å². The number of ether oxygens (including phenoxy) is 3. The molecule has 9 nitrogen and oxygen atoms in total. The molecule has 0 aliphatic carbocycles. The summed E-state index contributed by atoms with van der Waals surface area (Å²) in [5.74, 6) is -1.02. The first-order valence-electron chi connectivity index (χ1n) is 9.40. The average Bonchev–Trinajstić information content (AvgIpc) is 2.74. The molecule has 0 saturated heterocycles. The Labute approximate surface area is 178 Å². The number of esters is 1. The lowest BCUT2D eigenvalue weighted by molar-refractivity contribution is -0.152. The first-order valence-corrected chi connectivity index (χ1v) is 10.9. The second kappa shape index (κ2) is 9.75. The standard InChI is InChI=1S/C20H21FN2O7S/c1-13(20(25)23-15-4-2-14(21)3-5-15)30-19(24)8-9-22-31(26,27)16-6-7-17-18(12-16)29-11-10-28-17/h2-7,12-13,22H,8-11H2,1H3,(H,23,25). The van der Waals surface area contributed by atoms with E-state index in [1.807, 2.05) is 0 Å². The Bertz CT molecular complexity index is 1060. The third-order valence-electron chi connectivity index (χ3n) is 4.23. The lowest BCUT2D eigenvalue weighted by atomic mass is 10.3. The number of fused-ring (bicyclic) bond motifs is 1. The highest BCUT2D eigenvalue weighted by molar-refractivity contribution is 7.89. The van der Waals surface area contributed by atoms with Crippen molar-refractivity contribution >= 4 is 27.6 Å². The molecule has 31 heavy (non-hydrogen) atoms. The maximum absolute atomic E-state index is 12.9. The Kier molecular flexibility index (Phi) is 7.08. The molecule has 1 amide bonds. The molecule has 1 atom stereocenters. The number of nitrogens with one attached hydrogen (secondary N) is 2. The van der Waals surface area contributed by atoms with Crippen molar-refractivity contribution in [2.75, 3.05) is 25.1 Å². The van der Waals surface area contributed by atoms with Crippen LogP contribution in [0, 0.1) is 5.82 Å². The Morgan fingerprint density at radius 3 is 2.48 bits per heavy atom. The van der Waals surface area contributed by atoms with Gasteiger partial charge in [-0.25, -0.2) is 17.5 Å². The average molecular weight is 452 g/mol. The van der Waals surface area contributed by atoms with Crippen molar-refractivity contribution in [3.63, 3.8) is 0 Å². The number of benzene rings is 2. The monoisotopic (exact) mass is 452 g/mol. The normalized spacial score (nSPS) is 13.9. The van der Waals surface area contributed by atoms with E-state index in [-0.39, 0.29) is 17.9 Å². The lowest BCUT2D eigenvalue weighted by Crippen LogP contribution is -2.32. The molecule has 2 N–H and O–H groups in total. The second-order valence-corrected chi connectivity index (χ2v) is 8.35. The van der Waals surface area contributed by atoms with Crippen LogP contribution in [-0.2, 0) is 24.3 Å². The van der Waals surface area contributed by atoms with Crippen molar-refractivity contribution in [1.29, 1.82) is 0 Å². The summed E-state index contributed by atoms with van der Waals surface area (Å²) in [6, 6.07) is 9.31. The number of amides is 1. The molecule has 0 spiro atoms. The Hall–Kier alpha value is -3.18. The van der Waals surface area contributed by atoms with Gasteiger partial charge in [0.2, 0.25) is 10.0 Å². The van der Waals surface area contributed by atoms with Crippen LogP contribution in [0.4, 0.5) is 10.1 Å². The highest BCUT2D eigenvalue weighted by atomic mass is 32.2. The summed E-state index contributed by atoms with van der Waals surface area (Å²) in [6.07, 6.45) is -1.40. The van der Waals surface area contributed by atoms with Crippen molar-refractivity contribution in [1.82, 2.24) is 4.72 Å². The zero-order valence-corrected chi connectivity index (χ0v) is 17.4. The molecule has 1 aliphatic rings. The highest BCUT2D eigenvalue weighted by Gasteiger charge is 2.21. The van der Waals surface area contributed by atoms with Crippen LogP contribution in [-0.4, -0.2) is 46.2 Å². The highest BCUT2D eigenvalue weighted by Crippen LogP contribution is 2.32. The van der Waals surface area contributed by atoms with Gasteiger partial charge < -0.3 is 19.5 Å². The van der Waals surface area contributed by atoms with Crippen LogP contribution in [0.1, 0.15) is 13.3 Å². The summed E-state index contributed by atoms with van der Waals surface area (Å²) in [6.45, 7) is 1.86. The van der Waals surface area contributed by atoms with E-state index in [9.17, 15) is 22.4 Å². The summed E-state index contributed by atoms with van der Waals surface area (Å²) >= 11 is 0. The van der Waals surface area contributed by atoms with E-state index in [0.29, 0.717) is 30.4 Å². The van der Waals surface area contributed by atoms with Gasteiger partial charge in [0.15, 0.2) is 17.6 Å². The molecule has 3 rings (SSSR count). The van der Waals surface area contributed by atoms with Crippen LogP contribution in [0.25, 0.3) is 0 Å². The largest absolute Gasteiger partial charge is 0.486 e. The van der Waals surface area contributed by atoms with Crippen LogP contribution in [0.15, 0.2) is 47.4 Å². The quantitative estimate of drug-likeness (QED) is 0.587. The van der Waals surface area contributed by atoms with Crippen LogP contribution < -0.4 is 19.5 Å². The third kappa shape index (κ3) is 6.15. The number of halogens is 1. The van der Waals surface area contributed by atoms with Crippen molar-refractivity contribution in [2.45, 2.75) is 24.3 Å². The molecule has 2 aromatic rings. The zero-order chi connectivity index (χ0) is 22.4. The number of rotatable bonds is 8. The topological polar surface area (TPSA) is 120 Å².